The van der Waals surface area contributed by atoms with Crippen molar-refractivity contribution in [1.82, 2.24) is 4.98 Å². The van der Waals surface area contributed by atoms with Crippen molar-refractivity contribution in [2.24, 2.45) is 17.8 Å². The average molecular weight is 482 g/mol. The van der Waals surface area contributed by atoms with Gasteiger partial charge < -0.3 is 15.0 Å². The Morgan fingerprint density at radius 1 is 0.917 bits per heavy atom. The first-order valence-corrected chi connectivity index (χ1v) is 13.4. The molecular weight excluding hydrogens is 446 g/mol. The van der Waals surface area contributed by atoms with Crippen LogP contribution in [0.2, 0.25) is 0 Å². The number of nitrogens with zero attached hydrogens (tertiary/aromatic N) is 2. The summed E-state index contributed by atoms with van der Waals surface area (Å²) in [4.78, 5) is 18.6. The van der Waals surface area contributed by atoms with Crippen molar-refractivity contribution in [2.75, 3.05) is 23.9 Å². The van der Waals surface area contributed by atoms with Crippen LogP contribution in [0.4, 0.5) is 22.9 Å². The third-order valence-corrected chi connectivity index (χ3v) is 8.67. The normalized spacial score (nSPS) is 26.0. The lowest BCUT2D eigenvalue weighted by Gasteiger charge is -2.57. The number of pyridine rings is 1. The van der Waals surface area contributed by atoms with Crippen LogP contribution in [0.3, 0.4) is 0 Å². The Morgan fingerprint density at radius 3 is 2.08 bits per heavy atom. The van der Waals surface area contributed by atoms with Gasteiger partial charge in [0.05, 0.1) is 6.61 Å². The maximum Gasteiger partial charge on any atom is 0.356 e. The molecule has 4 aliphatic carbocycles. The van der Waals surface area contributed by atoms with Gasteiger partial charge in [-0.2, -0.15) is 0 Å². The van der Waals surface area contributed by atoms with Crippen molar-refractivity contribution < 1.29 is 9.53 Å². The molecule has 4 aliphatic rings. The summed E-state index contributed by atoms with van der Waals surface area (Å²) in [6, 6.07) is 23.0. The molecule has 0 amide bonds. The topological polar surface area (TPSA) is 54.5 Å². The maximum absolute atomic E-state index is 12.0. The molecule has 36 heavy (non-hydrogen) atoms. The van der Waals surface area contributed by atoms with Crippen LogP contribution in [0.15, 0.2) is 66.7 Å². The first kappa shape index (κ1) is 23.1. The highest BCUT2D eigenvalue weighted by Crippen LogP contribution is 2.60. The number of esters is 1. The van der Waals surface area contributed by atoms with Crippen molar-refractivity contribution in [1.29, 1.82) is 0 Å². The summed E-state index contributed by atoms with van der Waals surface area (Å²) in [6.45, 7) is 2.12. The Kier molecular flexibility index (Phi) is 5.94. The molecule has 1 N–H and O–H groups in total. The Bertz CT molecular complexity index is 1200. The second-order valence-corrected chi connectivity index (χ2v) is 11.1. The van der Waals surface area contributed by atoms with E-state index in [-0.39, 0.29) is 0 Å². The van der Waals surface area contributed by atoms with Gasteiger partial charge in [-0.3, -0.25) is 0 Å². The van der Waals surface area contributed by atoms with Crippen LogP contribution < -0.4 is 10.2 Å². The molecule has 0 atom stereocenters. The number of hydrogen-bond acceptors (Lipinski definition) is 5. The number of carbonyl (C=O) groups excluding carboxylic acids is 1. The third kappa shape index (κ3) is 4.36. The summed E-state index contributed by atoms with van der Waals surface area (Å²) >= 11 is 0. The van der Waals surface area contributed by atoms with Gasteiger partial charge in [-0.05, 0) is 123 Å². The van der Waals surface area contributed by atoms with Crippen molar-refractivity contribution in [3.63, 3.8) is 0 Å². The molecule has 4 bridgehead atoms. The van der Waals surface area contributed by atoms with Crippen LogP contribution >= 0.6 is 0 Å². The maximum atomic E-state index is 12.0. The monoisotopic (exact) mass is 481 g/mol. The van der Waals surface area contributed by atoms with Gasteiger partial charge in [-0.15, -0.1) is 0 Å². The zero-order valence-corrected chi connectivity index (χ0v) is 21.2. The predicted molar refractivity (Wildman–Crippen MR) is 144 cm³/mol. The minimum Gasteiger partial charge on any atom is -0.461 e. The SMILES string of the molecule is CCOC(=O)c1cccc(Nc2ccc(N(C)c3ccc(C45CC6CC(CC(C6)C4)C5)cc3)cc2)n1. The molecule has 4 saturated carbocycles. The van der Waals surface area contributed by atoms with E-state index in [1.54, 1.807) is 24.6 Å². The summed E-state index contributed by atoms with van der Waals surface area (Å²) in [5.74, 6) is 3.10. The molecule has 3 aromatic rings. The number of aromatic nitrogens is 1. The minimum absolute atomic E-state index is 0.301. The lowest BCUT2D eigenvalue weighted by atomic mass is 9.48. The van der Waals surface area contributed by atoms with Gasteiger partial charge >= 0.3 is 5.97 Å². The van der Waals surface area contributed by atoms with Crippen LogP contribution in [-0.2, 0) is 10.2 Å². The van der Waals surface area contributed by atoms with Gasteiger partial charge in [-0.25, -0.2) is 9.78 Å². The molecule has 7 rings (SSSR count). The van der Waals surface area contributed by atoms with Crippen LogP contribution in [0.25, 0.3) is 0 Å². The van der Waals surface area contributed by atoms with E-state index >= 15 is 0 Å². The number of rotatable bonds is 7. The molecule has 0 saturated heterocycles. The van der Waals surface area contributed by atoms with E-state index in [1.165, 1.54) is 44.2 Å². The fourth-order valence-corrected chi connectivity index (χ4v) is 7.39. The van der Waals surface area contributed by atoms with Crippen LogP contribution in [0.1, 0.15) is 61.5 Å². The fraction of sp³-hybridized carbons (Fsp3) is 0.419. The van der Waals surface area contributed by atoms with E-state index in [0.717, 1.165) is 29.1 Å². The van der Waals surface area contributed by atoms with E-state index in [9.17, 15) is 4.79 Å². The number of benzene rings is 2. The molecule has 0 radical (unpaired) electrons. The Hall–Kier alpha value is -3.34. The standard InChI is InChI=1S/C31H35N3O2/c1-3-36-30(35)28-5-4-6-29(33-28)32-25-9-13-27(14-10-25)34(2)26-11-7-24(8-12-26)31-18-21-15-22(19-31)17-23(16-21)20-31/h4-14,21-23H,3,15-20H2,1-2H3,(H,32,33). The quantitative estimate of drug-likeness (QED) is 0.361. The molecule has 0 unspecified atom stereocenters. The highest BCUT2D eigenvalue weighted by molar-refractivity contribution is 5.87. The van der Waals surface area contributed by atoms with E-state index < -0.39 is 5.97 Å². The molecule has 2 aromatic carbocycles. The summed E-state index contributed by atoms with van der Waals surface area (Å²) < 4.78 is 5.05. The van der Waals surface area contributed by atoms with Crippen molar-refractivity contribution >= 4 is 28.8 Å². The molecule has 5 nitrogen and oxygen atoms in total. The van der Waals surface area contributed by atoms with Crippen molar-refractivity contribution in [3.05, 3.63) is 78.0 Å². The lowest BCUT2D eigenvalue weighted by molar-refractivity contribution is -0.00518. The van der Waals surface area contributed by atoms with Gasteiger partial charge in [0, 0.05) is 24.1 Å². The molecule has 5 heteroatoms. The number of hydrogen-bond donors (Lipinski definition) is 1. The predicted octanol–water partition coefficient (Wildman–Crippen LogP) is 7.24. The zero-order chi connectivity index (χ0) is 24.7. The van der Waals surface area contributed by atoms with E-state index in [2.05, 4.69) is 58.6 Å². The number of carbonyl (C=O) groups is 1. The van der Waals surface area contributed by atoms with Crippen molar-refractivity contribution in [3.8, 4) is 0 Å². The van der Waals surface area contributed by atoms with Crippen LogP contribution in [0.5, 0.6) is 0 Å². The second-order valence-electron chi connectivity index (χ2n) is 11.1. The number of nitrogens with one attached hydrogen (secondary N) is 1. The number of anilines is 4. The van der Waals surface area contributed by atoms with Crippen LogP contribution in [0, 0.1) is 17.8 Å². The molecule has 4 fully saturated rings. The summed E-state index contributed by atoms with van der Waals surface area (Å²) in [5.41, 5.74) is 5.55. The molecular formula is C31H35N3O2. The van der Waals surface area contributed by atoms with Gasteiger partial charge in [0.25, 0.3) is 0 Å². The highest BCUT2D eigenvalue weighted by atomic mass is 16.5. The fourth-order valence-electron chi connectivity index (χ4n) is 7.39. The van der Waals surface area contributed by atoms with Gasteiger partial charge in [0.1, 0.15) is 5.82 Å². The molecule has 1 heterocycles. The van der Waals surface area contributed by atoms with Gasteiger partial charge in [-0.1, -0.05) is 18.2 Å². The molecule has 0 aliphatic heterocycles. The Labute approximate surface area is 213 Å². The van der Waals surface area contributed by atoms with E-state index in [0.29, 0.717) is 23.5 Å². The Morgan fingerprint density at radius 2 is 1.50 bits per heavy atom. The van der Waals surface area contributed by atoms with E-state index in [4.69, 9.17) is 4.74 Å². The van der Waals surface area contributed by atoms with Gasteiger partial charge in [0.2, 0.25) is 0 Å². The Balaban J connectivity index is 1.13. The smallest absolute Gasteiger partial charge is 0.356 e. The second kappa shape index (κ2) is 9.27. The summed E-state index contributed by atoms with van der Waals surface area (Å²) in [6.07, 6.45) is 8.66. The minimum atomic E-state index is -0.410. The largest absolute Gasteiger partial charge is 0.461 e. The van der Waals surface area contributed by atoms with Crippen LogP contribution in [-0.4, -0.2) is 24.6 Å². The molecule has 1 aromatic heterocycles. The summed E-state index contributed by atoms with van der Waals surface area (Å²) in [5, 5.41) is 3.28. The first-order valence-electron chi connectivity index (χ1n) is 13.4. The summed E-state index contributed by atoms with van der Waals surface area (Å²) in [7, 11) is 2.12. The van der Waals surface area contributed by atoms with E-state index in [1.807, 2.05) is 18.2 Å². The third-order valence-electron chi connectivity index (χ3n) is 8.67. The zero-order valence-electron chi connectivity index (χ0n) is 21.2. The highest BCUT2D eigenvalue weighted by Gasteiger charge is 2.51. The number of ether oxygens (including phenoxy) is 1. The lowest BCUT2D eigenvalue weighted by Crippen LogP contribution is -2.48. The first-order chi connectivity index (χ1) is 17.5. The molecule has 186 valence electrons. The van der Waals surface area contributed by atoms with Crippen molar-refractivity contribution in [2.45, 2.75) is 50.9 Å². The molecule has 0 spiro atoms. The average Bonchev–Trinajstić information content (AvgIpc) is 2.88. The van der Waals surface area contributed by atoms with Gasteiger partial charge in [0.15, 0.2) is 5.69 Å².